The van der Waals surface area contributed by atoms with Gasteiger partial charge in [0.1, 0.15) is 0 Å². The highest BCUT2D eigenvalue weighted by molar-refractivity contribution is 5.76. The van der Waals surface area contributed by atoms with Crippen molar-refractivity contribution in [2.75, 3.05) is 0 Å². The van der Waals surface area contributed by atoms with Crippen LogP contribution < -0.4 is 5.32 Å². The van der Waals surface area contributed by atoms with Crippen molar-refractivity contribution in [3.8, 4) is 0 Å². The predicted octanol–water partition coefficient (Wildman–Crippen LogP) is 3.51. The molecule has 0 saturated heterocycles. The van der Waals surface area contributed by atoms with Crippen LogP contribution in [-0.4, -0.2) is 11.9 Å². The number of hydrogen-bond acceptors (Lipinski definition) is 1. The molecule has 1 N–H and O–H groups in total. The van der Waals surface area contributed by atoms with Crippen molar-refractivity contribution in [3.05, 3.63) is 0 Å². The Morgan fingerprint density at radius 2 is 1.67 bits per heavy atom. The number of rotatable bonds is 4. The second-order valence-electron chi connectivity index (χ2n) is 7.32. The molecule has 4 bridgehead atoms. The highest BCUT2D eigenvalue weighted by atomic mass is 16.1. The number of carbonyl (C=O) groups is 1. The summed E-state index contributed by atoms with van der Waals surface area (Å²) in [5.41, 5.74) is 0.456. The molecule has 0 aromatic carbocycles. The van der Waals surface area contributed by atoms with Crippen LogP contribution in [0.15, 0.2) is 0 Å². The number of hydrogen-bond donors (Lipinski definition) is 1. The van der Waals surface area contributed by atoms with Gasteiger partial charge in [0.05, 0.1) is 0 Å². The molecule has 4 saturated carbocycles. The Kier molecular flexibility index (Phi) is 3.15. The first-order valence-corrected chi connectivity index (χ1v) is 7.90. The van der Waals surface area contributed by atoms with Gasteiger partial charge in [0.25, 0.3) is 0 Å². The first-order chi connectivity index (χ1) is 8.61. The third kappa shape index (κ3) is 2.08. The van der Waals surface area contributed by atoms with Crippen LogP contribution in [0.4, 0.5) is 0 Å². The molecule has 4 rings (SSSR count). The van der Waals surface area contributed by atoms with Gasteiger partial charge >= 0.3 is 0 Å². The van der Waals surface area contributed by atoms with Gasteiger partial charge in [-0.05, 0) is 75.0 Å². The smallest absolute Gasteiger partial charge is 0.220 e. The SMILES string of the molecule is CCCC(=O)NC(C)C12CC3CC(CC(C3)C1)C2. The summed E-state index contributed by atoms with van der Waals surface area (Å²) in [5.74, 6) is 3.19. The lowest BCUT2D eigenvalue weighted by molar-refractivity contribution is -0.125. The molecular weight excluding hydrogens is 222 g/mol. The lowest BCUT2D eigenvalue weighted by Crippen LogP contribution is -2.55. The van der Waals surface area contributed by atoms with Gasteiger partial charge in [-0.3, -0.25) is 4.79 Å². The third-order valence-electron chi connectivity index (χ3n) is 5.86. The molecule has 4 aliphatic carbocycles. The van der Waals surface area contributed by atoms with Crippen molar-refractivity contribution in [2.24, 2.45) is 23.2 Å². The van der Waals surface area contributed by atoms with Crippen molar-refractivity contribution in [3.63, 3.8) is 0 Å². The van der Waals surface area contributed by atoms with E-state index in [0.29, 0.717) is 17.9 Å². The molecule has 0 aromatic rings. The maximum atomic E-state index is 11.8. The molecule has 2 nitrogen and oxygen atoms in total. The molecule has 0 heterocycles. The molecule has 1 amide bonds. The van der Waals surface area contributed by atoms with E-state index in [4.69, 9.17) is 0 Å². The fourth-order valence-corrected chi connectivity index (χ4v) is 5.40. The first kappa shape index (κ1) is 12.5. The van der Waals surface area contributed by atoms with E-state index >= 15 is 0 Å². The minimum atomic E-state index is 0.265. The summed E-state index contributed by atoms with van der Waals surface area (Å²) in [7, 11) is 0. The third-order valence-corrected chi connectivity index (χ3v) is 5.86. The van der Waals surface area contributed by atoms with Gasteiger partial charge in [-0.15, -0.1) is 0 Å². The van der Waals surface area contributed by atoms with Crippen LogP contribution in [0.2, 0.25) is 0 Å². The Labute approximate surface area is 111 Å². The minimum absolute atomic E-state index is 0.265. The first-order valence-electron chi connectivity index (χ1n) is 7.90. The van der Waals surface area contributed by atoms with E-state index in [2.05, 4.69) is 19.2 Å². The summed E-state index contributed by atoms with van der Waals surface area (Å²) < 4.78 is 0. The normalized spacial score (nSPS) is 42.9. The van der Waals surface area contributed by atoms with Crippen molar-refractivity contribution in [1.29, 1.82) is 0 Å². The predicted molar refractivity (Wildman–Crippen MR) is 73.1 cm³/mol. The molecule has 0 aromatic heterocycles. The zero-order valence-corrected chi connectivity index (χ0v) is 11.9. The quantitative estimate of drug-likeness (QED) is 0.811. The Morgan fingerprint density at radius 1 is 1.17 bits per heavy atom. The monoisotopic (exact) mass is 249 g/mol. The average Bonchev–Trinajstić information content (AvgIpc) is 2.27. The summed E-state index contributed by atoms with van der Waals surface area (Å²) in [6.07, 6.45) is 10.2. The van der Waals surface area contributed by atoms with Gasteiger partial charge in [-0.25, -0.2) is 0 Å². The number of nitrogens with one attached hydrogen (secondary N) is 1. The molecule has 1 unspecified atom stereocenters. The molecule has 0 radical (unpaired) electrons. The molecule has 0 spiro atoms. The van der Waals surface area contributed by atoms with Gasteiger partial charge in [0, 0.05) is 12.5 Å². The summed E-state index contributed by atoms with van der Waals surface area (Å²) in [5, 5.41) is 3.30. The highest BCUT2D eigenvalue weighted by Crippen LogP contribution is 2.61. The molecule has 1 atom stereocenters. The topological polar surface area (TPSA) is 29.1 Å². The number of amides is 1. The highest BCUT2D eigenvalue weighted by Gasteiger charge is 2.53. The van der Waals surface area contributed by atoms with E-state index in [0.717, 1.165) is 24.2 Å². The molecular formula is C16H27NO. The lowest BCUT2D eigenvalue weighted by atomic mass is 9.48. The van der Waals surface area contributed by atoms with Crippen molar-refractivity contribution < 1.29 is 4.79 Å². The van der Waals surface area contributed by atoms with E-state index in [1.807, 2.05) is 0 Å². The zero-order valence-electron chi connectivity index (χ0n) is 11.9. The standard InChI is InChI=1S/C16H27NO/c1-3-4-15(18)17-11(2)16-8-12-5-13(9-16)7-14(6-12)10-16/h11-14H,3-10H2,1-2H3,(H,17,18). The maximum absolute atomic E-state index is 11.8. The van der Waals surface area contributed by atoms with Gasteiger partial charge in [-0.1, -0.05) is 6.92 Å². The second-order valence-corrected chi connectivity index (χ2v) is 7.32. The molecule has 0 aliphatic heterocycles. The summed E-state index contributed by atoms with van der Waals surface area (Å²) >= 11 is 0. The number of carbonyl (C=O) groups excluding carboxylic acids is 1. The van der Waals surface area contributed by atoms with E-state index in [-0.39, 0.29) is 5.91 Å². The minimum Gasteiger partial charge on any atom is -0.353 e. The van der Waals surface area contributed by atoms with Crippen molar-refractivity contribution in [2.45, 2.75) is 71.3 Å². The average molecular weight is 249 g/mol. The summed E-state index contributed by atoms with van der Waals surface area (Å²) in [6, 6.07) is 0.393. The van der Waals surface area contributed by atoms with Crippen LogP contribution in [-0.2, 0) is 4.79 Å². The fraction of sp³-hybridized carbons (Fsp3) is 0.938. The summed E-state index contributed by atoms with van der Waals surface area (Å²) in [4.78, 5) is 11.8. The second kappa shape index (κ2) is 4.54. The molecule has 18 heavy (non-hydrogen) atoms. The largest absolute Gasteiger partial charge is 0.353 e. The van der Waals surface area contributed by atoms with E-state index in [1.165, 1.54) is 38.5 Å². The van der Waals surface area contributed by atoms with E-state index in [1.54, 1.807) is 0 Å². The van der Waals surface area contributed by atoms with Gasteiger partial charge < -0.3 is 5.32 Å². The van der Waals surface area contributed by atoms with E-state index in [9.17, 15) is 4.79 Å². The zero-order chi connectivity index (χ0) is 12.8. The van der Waals surface area contributed by atoms with Gasteiger partial charge in [-0.2, -0.15) is 0 Å². The van der Waals surface area contributed by atoms with Crippen LogP contribution >= 0.6 is 0 Å². The van der Waals surface area contributed by atoms with Crippen LogP contribution in [0.25, 0.3) is 0 Å². The molecule has 4 aliphatic rings. The fourth-order valence-electron chi connectivity index (χ4n) is 5.40. The Hall–Kier alpha value is -0.530. The Morgan fingerprint density at radius 3 is 2.11 bits per heavy atom. The van der Waals surface area contributed by atoms with Gasteiger partial charge in [0.15, 0.2) is 0 Å². The van der Waals surface area contributed by atoms with Crippen LogP contribution in [0.1, 0.15) is 65.2 Å². The van der Waals surface area contributed by atoms with Crippen LogP contribution in [0.5, 0.6) is 0 Å². The molecule has 2 heteroatoms. The van der Waals surface area contributed by atoms with E-state index < -0.39 is 0 Å². The van der Waals surface area contributed by atoms with Crippen molar-refractivity contribution in [1.82, 2.24) is 5.32 Å². The van der Waals surface area contributed by atoms with Crippen LogP contribution in [0, 0.1) is 23.2 Å². The molecule has 102 valence electrons. The Balaban J connectivity index is 1.69. The Bertz CT molecular complexity index is 301. The molecule has 4 fully saturated rings. The van der Waals surface area contributed by atoms with Crippen molar-refractivity contribution >= 4 is 5.91 Å². The maximum Gasteiger partial charge on any atom is 0.220 e. The van der Waals surface area contributed by atoms with Crippen LogP contribution in [0.3, 0.4) is 0 Å². The lowest BCUT2D eigenvalue weighted by Gasteiger charge is -2.59. The summed E-state index contributed by atoms with van der Waals surface area (Å²) in [6.45, 7) is 4.34. The van der Waals surface area contributed by atoms with Gasteiger partial charge in [0.2, 0.25) is 5.91 Å².